The number of allylic oxidation sites excluding steroid dienone is 2. The SMILES string of the molecule is CC(CC=CC(C)(C)O)C1CCC2C3C(=O)C=C4CC(O)CCC4(C)C3CCC12C. The van der Waals surface area contributed by atoms with Gasteiger partial charge in [-0.3, -0.25) is 4.79 Å². The number of carbonyl (C=O) groups excluding carboxylic acids is 1. The van der Waals surface area contributed by atoms with Crippen LogP contribution in [0, 0.1) is 40.4 Å². The minimum Gasteiger partial charge on any atom is -0.393 e. The van der Waals surface area contributed by atoms with Gasteiger partial charge in [-0.1, -0.05) is 38.5 Å². The first-order chi connectivity index (χ1) is 14.0. The molecule has 8 atom stereocenters. The number of fused-ring (bicyclic) bond motifs is 5. The molecule has 0 aromatic carbocycles. The van der Waals surface area contributed by atoms with E-state index < -0.39 is 5.60 Å². The fourth-order valence-corrected chi connectivity index (χ4v) is 8.09. The second-order valence-corrected chi connectivity index (χ2v) is 12.1. The van der Waals surface area contributed by atoms with E-state index in [0.717, 1.165) is 25.7 Å². The van der Waals surface area contributed by atoms with Crippen LogP contribution >= 0.6 is 0 Å². The molecule has 0 amide bonds. The Morgan fingerprint density at radius 1 is 1.17 bits per heavy atom. The molecule has 2 N–H and O–H groups in total. The van der Waals surface area contributed by atoms with Crippen molar-refractivity contribution in [1.82, 2.24) is 0 Å². The molecule has 0 radical (unpaired) electrons. The van der Waals surface area contributed by atoms with E-state index in [1.807, 2.05) is 26.0 Å². The molecular weight excluding hydrogens is 372 g/mol. The zero-order valence-corrected chi connectivity index (χ0v) is 19.7. The maximum Gasteiger partial charge on any atom is 0.159 e. The van der Waals surface area contributed by atoms with E-state index in [1.165, 1.54) is 24.8 Å². The minimum absolute atomic E-state index is 0.109. The summed E-state index contributed by atoms with van der Waals surface area (Å²) in [6.07, 6.45) is 14.1. The van der Waals surface area contributed by atoms with Gasteiger partial charge in [0.25, 0.3) is 0 Å². The van der Waals surface area contributed by atoms with Crippen LogP contribution in [0.1, 0.15) is 86.0 Å². The molecule has 0 aliphatic heterocycles. The third-order valence-corrected chi connectivity index (χ3v) is 9.71. The Labute approximate surface area is 183 Å². The number of ketones is 1. The Morgan fingerprint density at radius 2 is 1.90 bits per heavy atom. The quantitative estimate of drug-likeness (QED) is 0.601. The number of hydrogen-bond acceptors (Lipinski definition) is 3. The van der Waals surface area contributed by atoms with Gasteiger partial charge >= 0.3 is 0 Å². The number of carbonyl (C=O) groups is 1. The van der Waals surface area contributed by atoms with Crippen LogP contribution in [-0.2, 0) is 4.79 Å². The van der Waals surface area contributed by atoms with E-state index in [1.54, 1.807) is 0 Å². The summed E-state index contributed by atoms with van der Waals surface area (Å²) in [4.78, 5) is 13.4. The summed E-state index contributed by atoms with van der Waals surface area (Å²) in [6, 6.07) is 0. The smallest absolute Gasteiger partial charge is 0.159 e. The van der Waals surface area contributed by atoms with Gasteiger partial charge in [-0.2, -0.15) is 0 Å². The van der Waals surface area contributed by atoms with Gasteiger partial charge in [0.2, 0.25) is 0 Å². The van der Waals surface area contributed by atoms with Crippen LogP contribution in [0.3, 0.4) is 0 Å². The Morgan fingerprint density at radius 3 is 2.60 bits per heavy atom. The van der Waals surface area contributed by atoms with Gasteiger partial charge in [0.05, 0.1) is 11.7 Å². The average molecular weight is 415 g/mol. The average Bonchev–Trinajstić information content (AvgIpc) is 2.99. The molecule has 0 aromatic rings. The molecule has 3 saturated carbocycles. The standard InChI is InChI=1S/C27H42O3/c1-17(7-6-12-25(2,3)30)20-8-9-21-24-22(11-14-27(20,21)5)26(4)13-10-19(28)15-18(26)16-23(24)29/h6,12,16-17,19-22,24,28,30H,7-11,13-15H2,1-5H3. The molecule has 0 aromatic heterocycles. The first-order valence-electron chi connectivity index (χ1n) is 12.3. The van der Waals surface area contributed by atoms with Gasteiger partial charge in [0, 0.05) is 5.92 Å². The van der Waals surface area contributed by atoms with Crippen molar-refractivity contribution in [2.75, 3.05) is 0 Å². The number of rotatable bonds is 4. The molecule has 0 bridgehead atoms. The molecule has 0 spiro atoms. The molecule has 3 heteroatoms. The summed E-state index contributed by atoms with van der Waals surface area (Å²) in [7, 11) is 0. The predicted octanol–water partition coefficient (Wildman–Crippen LogP) is 5.46. The van der Waals surface area contributed by atoms with Crippen LogP contribution in [0.25, 0.3) is 0 Å². The minimum atomic E-state index is -0.749. The molecule has 0 heterocycles. The Kier molecular flexibility index (Phi) is 5.63. The molecule has 4 aliphatic carbocycles. The van der Waals surface area contributed by atoms with Crippen molar-refractivity contribution in [2.45, 2.75) is 97.7 Å². The van der Waals surface area contributed by atoms with Crippen LogP contribution in [0.4, 0.5) is 0 Å². The van der Waals surface area contributed by atoms with Crippen molar-refractivity contribution in [3.63, 3.8) is 0 Å². The van der Waals surface area contributed by atoms with Gasteiger partial charge in [0.15, 0.2) is 5.78 Å². The Hall–Kier alpha value is -0.930. The van der Waals surface area contributed by atoms with E-state index in [4.69, 9.17) is 0 Å². The van der Waals surface area contributed by atoms with Crippen molar-refractivity contribution in [2.24, 2.45) is 40.4 Å². The fourth-order valence-electron chi connectivity index (χ4n) is 8.09. The normalized spacial score (nSPS) is 45.0. The van der Waals surface area contributed by atoms with Gasteiger partial charge < -0.3 is 10.2 Å². The van der Waals surface area contributed by atoms with Crippen molar-refractivity contribution in [1.29, 1.82) is 0 Å². The van der Waals surface area contributed by atoms with Crippen LogP contribution < -0.4 is 0 Å². The summed E-state index contributed by atoms with van der Waals surface area (Å²) >= 11 is 0. The van der Waals surface area contributed by atoms with Crippen molar-refractivity contribution in [3.05, 3.63) is 23.8 Å². The molecule has 0 saturated heterocycles. The largest absolute Gasteiger partial charge is 0.393 e. The van der Waals surface area contributed by atoms with Crippen LogP contribution in [-0.4, -0.2) is 27.7 Å². The summed E-state index contributed by atoms with van der Waals surface area (Å²) in [5.74, 6) is 2.70. The molecule has 168 valence electrons. The van der Waals surface area contributed by atoms with Gasteiger partial charge in [-0.05, 0) is 106 Å². The van der Waals surface area contributed by atoms with E-state index in [-0.39, 0.29) is 22.9 Å². The molecule has 3 fully saturated rings. The number of hydrogen-bond donors (Lipinski definition) is 2. The Balaban J connectivity index is 1.56. The lowest BCUT2D eigenvalue weighted by atomic mass is 9.46. The zero-order valence-electron chi connectivity index (χ0n) is 19.7. The van der Waals surface area contributed by atoms with E-state index in [0.29, 0.717) is 35.9 Å². The molecule has 8 unspecified atom stereocenters. The molecule has 4 rings (SSSR count). The lowest BCUT2D eigenvalue weighted by molar-refractivity contribution is -0.135. The summed E-state index contributed by atoms with van der Waals surface area (Å²) in [5.41, 5.74) is 0.838. The summed E-state index contributed by atoms with van der Waals surface area (Å²) < 4.78 is 0. The highest BCUT2D eigenvalue weighted by Gasteiger charge is 2.61. The topological polar surface area (TPSA) is 57.5 Å². The van der Waals surface area contributed by atoms with Crippen molar-refractivity contribution < 1.29 is 15.0 Å². The predicted molar refractivity (Wildman–Crippen MR) is 121 cm³/mol. The zero-order chi connectivity index (χ0) is 21.9. The Bertz CT molecular complexity index is 744. The highest BCUT2D eigenvalue weighted by atomic mass is 16.3. The van der Waals surface area contributed by atoms with Crippen LogP contribution in [0.15, 0.2) is 23.8 Å². The second kappa shape index (κ2) is 7.59. The molecule has 3 nitrogen and oxygen atoms in total. The third-order valence-electron chi connectivity index (χ3n) is 9.71. The highest BCUT2D eigenvalue weighted by molar-refractivity contribution is 5.94. The van der Waals surface area contributed by atoms with E-state index in [2.05, 4.69) is 26.8 Å². The maximum atomic E-state index is 13.4. The summed E-state index contributed by atoms with van der Waals surface area (Å²) in [6.45, 7) is 10.9. The van der Waals surface area contributed by atoms with Crippen molar-refractivity contribution in [3.8, 4) is 0 Å². The maximum absolute atomic E-state index is 13.4. The molecule has 4 aliphatic rings. The van der Waals surface area contributed by atoms with E-state index >= 15 is 0 Å². The van der Waals surface area contributed by atoms with E-state index in [9.17, 15) is 15.0 Å². The molecule has 30 heavy (non-hydrogen) atoms. The number of aliphatic hydroxyl groups is 2. The lowest BCUT2D eigenvalue weighted by Crippen LogP contribution is -2.53. The fraction of sp³-hybridized carbons (Fsp3) is 0.815. The first kappa shape index (κ1) is 22.3. The van der Waals surface area contributed by atoms with Gasteiger partial charge in [0.1, 0.15) is 0 Å². The highest BCUT2D eigenvalue weighted by Crippen LogP contribution is 2.66. The van der Waals surface area contributed by atoms with Crippen LogP contribution in [0.2, 0.25) is 0 Å². The molecular formula is C27H42O3. The third kappa shape index (κ3) is 3.64. The number of aliphatic hydroxyl groups excluding tert-OH is 1. The second-order valence-electron chi connectivity index (χ2n) is 12.1. The monoisotopic (exact) mass is 414 g/mol. The van der Waals surface area contributed by atoms with Gasteiger partial charge in [-0.25, -0.2) is 0 Å². The van der Waals surface area contributed by atoms with Crippen molar-refractivity contribution >= 4 is 5.78 Å². The lowest BCUT2D eigenvalue weighted by Gasteiger charge is -2.57. The van der Waals surface area contributed by atoms with Gasteiger partial charge in [-0.15, -0.1) is 0 Å². The summed E-state index contributed by atoms with van der Waals surface area (Å²) in [5, 5.41) is 20.2. The first-order valence-corrected chi connectivity index (χ1v) is 12.3. The van der Waals surface area contributed by atoms with Crippen LogP contribution in [0.5, 0.6) is 0 Å².